The number of hydrogen-bond acceptors (Lipinski definition) is 4. The molecule has 1 aromatic carbocycles. The Kier molecular flexibility index (Phi) is 5.69. The van der Waals surface area contributed by atoms with Gasteiger partial charge in [0.1, 0.15) is 0 Å². The van der Waals surface area contributed by atoms with Crippen LogP contribution < -0.4 is 4.72 Å². The highest BCUT2D eigenvalue weighted by atomic mass is 32.2. The van der Waals surface area contributed by atoms with Gasteiger partial charge in [0.2, 0.25) is 0 Å². The molecular weight excluding hydrogens is 300 g/mol. The topological polar surface area (TPSA) is 83.5 Å². The molecule has 8 heteroatoms. The van der Waals surface area contributed by atoms with Gasteiger partial charge in [0, 0.05) is 20.6 Å². The molecule has 20 heavy (non-hydrogen) atoms. The summed E-state index contributed by atoms with van der Waals surface area (Å²) in [6, 6.07) is 6.50. The molecule has 0 aromatic heterocycles. The highest BCUT2D eigenvalue weighted by molar-refractivity contribution is 7.91. The fraction of sp³-hybridized carbons (Fsp3) is 0.500. The molecule has 1 rings (SSSR count). The first-order chi connectivity index (χ1) is 9.19. The molecular formula is C12H20N2O4S2. The van der Waals surface area contributed by atoms with Crippen LogP contribution in [0.5, 0.6) is 0 Å². The van der Waals surface area contributed by atoms with Crippen LogP contribution in [0.3, 0.4) is 0 Å². The summed E-state index contributed by atoms with van der Waals surface area (Å²) in [7, 11) is -3.70. The van der Waals surface area contributed by atoms with Crippen LogP contribution in [-0.2, 0) is 26.5 Å². The summed E-state index contributed by atoms with van der Waals surface area (Å²) in [5.41, 5.74) is 0.876. The van der Waals surface area contributed by atoms with E-state index in [0.29, 0.717) is 6.42 Å². The zero-order chi connectivity index (χ0) is 15.4. The van der Waals surface area contributed by atoms with E-state index in [1.165, 1.54) is 14.1 Å². The van der Waals surface area contributed by atoms with E-state index in [-0.39, 0.29) is 17.2 Å². The van der Waals surface area contributed by atoms with Crippen LogP contribution in [0.1, 0.15) is 12.5 Å². The summed E-state index contributed by atoms with van der Waals surface area (Å²) >= 11 is 0. The largest absolute Gasteiger partial charge is 0.278 e. The normalized spacial score (nSPS) is 12.8. The van der Waals surface area contributed by atoms with E-state index in [1.807, 2.05) is 0 Å². The van der Waals surface area contributed by atoms with Crippen LogP contribution >= 0.6 is 0 Å². The maximum Gasteiger partial charge on any atom is 0.278 e. The van der Waals surface area contributed by atoms with Gasteiger partial charge in [-0.25, -0.2) is 13.1 Å². The molecule has 0 saturated heterocycles. The van der Waals surface area contributed by atoms with Crippen molar-refractivity contribution in [2.75, 3.05) is 26.4 Å². The predicted molar refractivity (Wildman–Crippen MR) is 78.5 cm³/mol. The second-order valence-electron chi connectivity index (χ2n) is 4.48. The molecule has 0 fully saturated rings. The van der Waals surface area contributed by atoms with Crippen molar-refractivity contribution >= 4 is 20.0 Å². The molecule has 0 bridgehead atoms. The first-order valence-electron chi connectivity index (χ1n) is 6.18. The lowest BCUT2D eigenvalue weighted by Gasteiger charge is -2.12. The maximum absolute atomic E-state index is 11.6. The van der Waals surface area contributed by atoms with Crippen LogP contribution in [-0.4, -0.2) is 47.5 Å². The number of nitrogens with zero attached hydrogens (tertiary/aromatic N) is 1. The van der Waals surface area contributed by atoms with Gasteiger partial charge in [-0.1, -0.05) is 19.1 Å². The van der Waals surface area contributed by atoms with Gasteiger partial charge < -0.3 is 0 Å². The molecule has 1 N–H and O–H groups in total. The van der Waals surface area contributed by atoms with Crippen molar-refractivity contribution in [1.29, 1.82) is 0 Å². The smallest absolute Gasteiger partial charge is 0.224 e. The number of hydrogen-bond donors (Lipinski definition) is 1. The average molecular weight is 320 g/mol. The van der Waals surface area contributed by atoms with E-state index in [4.69, 9.17) is 0 Å². The number of benzene rings is 1. The van der Waals surface area contributed by atoms with Gasteiger partial charge in [-0.15, -0.1) is 0 Å². The Balaban J connectivity index is 2.64. The van der Waals surface area contributed by atoms with Crippen LogP contribution in [0, 0.1) is 0 Å². The highest BCUT2D eigenvalue weighted by Crippen LogP contribution is 2.12. The lowest BCUT2D eigenvalue weighted by molar-refractivity contribution is 0.506. The summed E-state index contributed by atoms with van der Waals surface area (Å²) in [5, 5.41) is 0. The van der Waals surface area contributed by atoms with Crippen LogP contribution in [0.4, 0.5) is 0 Å². The Hall–Kier alpha value is -0.960. The Morgan fingerprint density at radius 3 is 2.05 bits per heavy atom. The summed E-state index contributed by atoms with van der Waals surface area (Å²) in [5.74, 6) is 0.0645. The molecule has 0 amide bonds. The third-order valence-corrected chi connectivity index (χ3v) is 6.12. The Bertz CT molecular complexity index is 635. The van der Waals surface area contributed by atoms with E-state index in [1.54, 1.807) is 31.2 Å². The van der Waals surface area contributed by atoms with Crippen LogP contribution in [0.15, 0.2) is 29.2 Å². The van der Waals surface area contributed by atoms with Gasteiger partial charge in [-0.3, -0.25) is 0 Å². The van der Waals surface area contributed by atoms with Gasteiger partial charge in [0.25, 0.3) is 10.2 Å². The predicted octanol–water partition coefficient (Wildman–Crippen LogP) is 0.419. The van der Waals surface area contributed by atoms with E-state index < -0.39 is 20.0 Å². The second-order valence-corrected chi connectivity index (χ2v) is 8.73. The zero-order valence-corrected chi connectivity index (χ0v) is 13.5. The van der Waals surface area contributed by atoms with Gasteiger partial charge in [-0.05, 0) is 24.1 Å². The number of nitrogens with one attached hydrogen (secondary N) is 1. The van der Waals surface area contributed by atoms with Crippen LogP contribution in [0.25, 0.3) is 0 Å². The fourth-order valence-electron chi connectivity index (χ4n) is 1.48. The Morgan fingerprint density at radius 2 is 1.60 bits per heavy atom. The molecule has 0 radical (unpaired) electrons. The van der Waals surface area contributed by atoms with Crippen molar-refractivity contribution in [3.63, 3.8) is 0 Å². The van der Waals surface area contributed by atoms with E-state index in [2.05, 4.69) is 4.72 Å². The summed E-state index contributed by atoms with van der Waals surface area (Å²) in [6.07, 6.45) is 0.500. The molecule has 0 aliphatic carbocycles. The third-order valence-electron chi connectivity index (χ3n) is 2.84. The fourth-order valence-corrected chi connectivity index (χ4v) is 2.99. The minimum atomic E-state index is -3.42. The molecule has 1 aromatic rings. The van der Waals surface area contributed by atoms with Gasteiger partial charge >= 0.3 is 0 Å². The summed E-state index contributed by atoms with van der Waals surface area (Å²) < 4.78 is 49.8. The minimum Gasteiger partial charge on any atom is -0.224 e. The number of rotatable bonds is 7. The number of sulfone groups is 1. The molecule has 0 spiro atoms. The standard InChI is InChI=1S/C12H20N2O4S2/c1-4-19(15,16)12-7-5-11(6-8-12)9-10-13-20(17,18)14(2)3/h5-8,13H,4,9-10H2,1-3H3. The minimum absolute atomic E-state index is 0.0645. The Morgan fingerprint density at radius 1 is 1.05 bits per heavy atom. The SMILES string of the molecule is CCS(=O)(=O)c1ccc(CCNS(=O)(=O)N(C)C)cc1. The van der Waals surface area contributed by atoms with Crippen molar-refractivity contribution < 1.29 is 16.8 Å². The molecule has 0 saturated carbocycles. The monoisotopic (exact) mass is 320 g/mol. The van der Waals surface area contributed by atoms with Crippen LogP contribution in [0.2, 0.25) is 0 Å². The van der Waals surface area contributed by atoms with Gasteiger partial charge in [0.05, 0.1) is 10.6 Å². The Labute approximate surface area is 120 Å². The average Bonchev–Trinajstić information content (AvgIpc) is 2.39. The third kappa shape index (κ3) is 4.55. The lowest BCUT2D eigenvalue weighted by Crippen LogP contribution is -2.36. The first kappa shape index (κ1) is 17.1. The highest BCUT2D eigenvalue weighted by Gasteiger charge is 2.12. The van der Waals surface area contributed by atoms with Crippen molar-refractivity contribution in [3.8, 4) is 0 Å². The molecule has 114 valence electrons. The van der Waals surface area contributed by atoms with Gasteiger partial charge in [0.15, 0.2) is 9.84 Å². The van der Waals surface area contributed by atoms with Crippen molar-refractivity contribution in [3.05, 3.63) is 29.8 Å². The van der Waals surface area contributed by atoms with Gasteiger partial charge in [-0.2, -0.15) is 12.7 Å². The van der Waals surface area contributed by atoms with E-state index >= 15 is 0 Å². The molecule has 6 nitrogen and oxygen atoms in total. The molecule has 0 atom stereocenters. The molecule has 0 unspecified atom stereocenters. The summed E-state index contributed by atoms with van der Waals surface area (Å²) in [6.45, 7) is 1.86. The second kappa shape index (κ2) is 6.66. The molecule has 0 aliphatic rings. The van der Waals surface area contributed by atoms with Crippen molar-refractivity contribution in [2.45, 2.75) is 18.2 Å². The molecule has 0 aliphatic heterocycles. The first-order valence-corrected chi connectivity index (χ1v) is 9.27. The molecule has 0 heterocycles. The maximum atomic E-state index is 11.6. The van der Waals surface area contributed by atoms with E-state index in [9.17, 15) is 16.8 Å². The lowest BCUT2D eigenvalue weighted by atomic mass is 10.2. The quantitative estimate of drug-likeness (QED) is 0.789. The summed E-state index contributed by atoms with van der Waals surface area (Å²) in [4.78, 5) is 0.289. The van der Waals surface area contributed by atoms with Crippen molar-refractivity contribution in [2.24, 2.45) is 0 Å². The van der Waals surface area contributed by atoms with Crippen molar-refractivity contribution in [1.82, 2.24) is 9.03 Å². The van der Waals surface area contributed by atoms with E-state index in [0.717, 1.165) is 9.87 Å². The zero-order valence-electron chi connectivity index (χ0n) is 11.8.